The molecule has 1 aromatic rings. The molecular formula is C11H15FN2O2S. The van der Waals surface area contributed by atoms with E-state index in [9.17, 15) is 13.4 Å². The van der Waals surface area contributed by atoms with Gasteiger partial charge >= 0.3 is 0 Å². The first-order chi connectivity index (χ1) is 8.04. The van der Waals surface area contributed by atoms with E-state index >= 15 is 0 Å². The van der Waals surface area contributed by atoms with Gasteiger partial charge < -0.3 is 11.5 Å². The summed E-state index contributed by atoms with van der Waals surface area (Å²) in [6, 6.07) is 3.94. The lowest BCUT2D eigenvalue weighted by Gasteiger charge is -2.04. The minimum absolute atomic E-state index is 0.110. The Bertz CT molecular complexity index is 437. The fourth-order valence-electron chi connectivity index (χ4n) is 1.31. The maximum Gasteiger partial charge on any atom is 0.248 e. The number of hydrogen-bond donors (Lipinski definition) is 2. The van der Waals surface area contributed by atoms with Gasteiger partial charge in [-0.2, -0.15) is 0 Å². The molecule has 0 bridgehead atoms. The van der Waals surface area contributed by atoms with Crippen LogP contribution in [0.5, 0.6) is 0 Å². The molecule has 0 aliphatic heterocycles. The number of halogens is 1. The van der Waals surface area contributed by atoms with Gasteiger partial charge in [0, 0.05) is 27.7 Å². The molecule has 1 atom stereocenters. The summed E-state index contributed by atoms with van der Waals surface area (Å²) in [7, 11) is -1.13. The number of hydrogen-bond acceptors (Lipinski definition) is 3. The number of primary amides is 1. The summed E-state index contributed by atoms with van der Waals surface area (Å²) in [5.41, 5.74) is 10.7. The summed E-state index contributed by atoms with van der Waals surface area (Å²) < 4.78 is 25.1. The van der Waals surface area contributed by atoms with Gasteiger partial charge in [-0.1, -0.05) is 6.07 Å². The number of amides is 1. The predicted molar refractivity (Wildman–Crippen MR) is 65.3 cm³/mol. The largest absolute Gasteiger partial charge is 0.366 e. The zero-order chi connectivity index (χ0) is 12.8. The molecule has 0 aliphatic rings. The predicted octanol–water partition coefficient (Wildman–Crippen LogP) is 0.522. The molecule has 0 heterocycles. The van der Waals surface area contributed by atoms with Crippen LogP contribution < -0.4 is 11.5 Å². The van der Waals surface area contributed by atoms with Crippen LogP contribution in [-0.2, 0) is 16.6 Å². The van der Waals surface area contributed by atoms with E-state index in [-0.39, 0.29) is 11.3 Å². The van der Waals surface area contributed by atoms with E-state index in [1.165, 1.54) is 12.1 Å². The average molecular weight is 258 g/mol. The van der Waals surface area contributed by atoms with Crippen LogP contribution in [0.1, 0.15) is 22.3 Å². The number of carbonyl (C=O) groups is 1. The molecular weight excluding hydrogens is 243 g/mol. The van der Waals surface area contributed by atoms with Crippen molar-refractivity contribution in [3.63, 3.8) is 0 Å². The number of nitrogens with two attached hydrogens (primary N) is 2. The van der Waals surface area contributed by atoms with Crippen LogP contribution in [0.2, 0.25) is 0 Å². The SMILES string of the molecule is NCCCS(=O)Cc1ccc(C(N)=O)cc1F. The zero-order valence-electron chi connectivity index (χ0n) is 9.32. The summed E-state index contributed by atoms with van der Waals surface area (Å²) in [5.74, 6) is -0.652. The fourth-order valence-corrected chi connectivity index (χ4v) is 2.52. The second-order valence-electron chi connectivity index (χ2n) is 3.60. The van der Waals surface area contributed by atoms with Crippen LogP contribution in [0.15, 0.2) is 18.2 Å². The Balaban J connectivity index is 2.72. The van der Waals surface area contributed by atoms with Crippen LogP contribution in [0.3, 0.4) is 0 Å². The third-order valence-corrected chi connectivity index (χ3v) is 3.61. The van der Waals surface area contributed by atoms with E-state index in [4.69, 9.17) is 11.5 Å². The minimum Gasteiger partial charge on any atom is -0.366 e. The number of rotatable bonds is 6. The molecule has 4 nitrogen and oxygen atoms in total. The van der Waals surface area contributed by atoms with Crippen molar-refractivity contribution >= 4 is 16.7 Å². The Labute approximate surface area is 102 Å². The zero-order valence-corrected chi connectivity index (χ0v) is 10.1. The molecule has 17 heavy (non-hydrogen) atoms. The Morgan fingerprint density at radius 3 is 2.65 bits per heavy atom. The van der Waals surface area contributed by atoms with E-state index in [1.807, 2.05) is 0 Å². The van der Waals surface area contributed by atoms with Crippen molar-refractivity contribution in [1.29, 1.82) is 0 Å². The highest BCUT2D eigenvalue weighted by molar-refractivity contribution is 7.84. The van der Waals surface area contributed by atoms with Gasteiger partial charge in [0.15, 0.2) is 0 Å². The van der Waals surface area contributed by atoms with Crippen LogP contribution in [0, 0.1) is 5.82 Å². The summed E-state index contributed by atoms with van der Waals surface area (Å²) in [4.78, 5) is 10.8. The lowest BCUT2D eigenvalue weighted by molar-refractivity contribution is 0.1000. The first-order valence-corrected chi connectivity index (χ1v) is 6.66. The molecule has 1 unspecified atom stereocenters. The van der Waals surface area contributed by atoms with Gasteiger partial charge in [0.2, 0.25) is 5.91 Å². The van der Waals surface area contributed by atoms with Crippen molar-refractivity contribution in [3.05, 3.63) is 35.1 Å². The van der Waals surface area contributed by atoms with Crippen LogP contribution in [0.4, 0.5) is 4.39 Å². The van der Waals surface area contributed by atoms with Gasteiger partial charge in [0.05, 0.1) is 5.75 Å². The smallest absolute Gasteiger partial charge is 0.248 e. The average Bonchev–Trinajstić information content (AvgIpc) is 2.28. The molecule has 0 radical (unpaired) electrons. The molecule has 1 amide bonds. The van der Waals surface area contributed by atoms with Crippen molar-refractivity contribution < 1.29 is 13.4 Å². The van der Waals surface area contributed by atoms with E-state index in [1.54, 1.807) is 0 Å². The van der Waals surface area contributed by atoms with E-state index in [2.05, 4.69) is 0 Å². The molecule has 0 aromatic heterocycles. The minimum atomic E-state index is -1.13. The van der Waals surface area contributed by atoms with Crippen LogP contribution >= 0.6 is 0 Å². The fraction of sp³-hybridized carbons (Fsp3) is 0.364. The second kappa shape index (κ2) is 6.46. The molecule has 0 fully saturated rings. The second-order valence-corrected chi connectivity index (χ2v) is 5.18. The van der Waals surface area contributed by atoms with Gasteiger partial charge in [-0.05, 0) is 25.1 Å². The van der Waals surface area contributed by atoms with Crippen molar-refractivity contribution in [1.82, 2.24) is 0 Å². The quantitative estimate of drug-likeness (QED) is 0.780. The Morgan fingerprint density at radius 2 is 2.12 bits per heavy atom. The molecule has 1 aromatic carbocycles. The monoisotopic (exact) mass is 258 g/mol. The van der Waals surface area contributed by atoms with Gasteiger partial charge in [0.25, 0.3) is 0 Å². The Kier molecular flexibility index (Phi) is 5.24. The Morgan fingerprint density at radius 1 is 1.41 bits per heavy atom. The molecule has 1 rings (SSSR count). The topological polar surface area (TPSA) is 86.2 Å². The molecule has 6 heteroatoms. The van der Waals surface area contributed by atoms with Crippen molar-refractivity contribution in [2.45, 2.75) is 12.2 Å². The summed E-state index contributed by atoms with van der Waals surface area (Å²) in [5, 5.41) is 0. The van der Waals surface area contributed by atoms with E-state index in [0.29, 0.717) is 24.3 Å². The van der Waals surface area contributed by atoms with Crippen LogP contribution in [-0.4, -0.2) is 22.4 Å². The highest BCUT2D eigenvalue weighted by Crippen LogP contribution is 2.12. The maximum atomic E-state index is 13.5. The molecule has 0 spiro atoms. The number of carbonyl (C=O) groups excluding carboxylic acids is 1. The summed E-state index contributed by atoms with van der Waals surface area (Å²) >= 11 is 0. The first-order valence-electron chi connectivity index (χ1n) is 5.18. The van der Waals surface area contributed by atoms with Crippen molar-refractivity contribution in [2.24, 2.45) is 11.5 Å². The van der Waals surface area contributed by atoms with E-state index < -0.39 is 22.5 Å². The lowest BCUT2D eigenvalue weighted by atomic mass is 10.1. The highest BCUT2D eigenvalue weighted by atomic mass is 32.2. The standard InChI is InChI=1S/C11H15FN2O2S/c12-10-6-8(11(14)15)2-3-9(10)7-17(16)5-1-4-13/h2-3,6H,1,4-5,7,13H2,(H2,14,15). The molecule has 0 saturated heterocycles. The van der Waals surface area contributed by atoms with Gasteiger partial charge in [-0.3, -0.25) is 9.00 Å². The third kappa shape index (κ3) is 4.24. The highest BCUT2D eigenvalue weighted by Gasteiger charge is 2.09. The summed E-state index contributed by atoms with van der Waals surface area (Å²) in [6.45, 7) is 0.467. The first kappa shape index (κ1) is 13.8. The van der Waals surface area contributed by atoms with Gasteiger partial charge in [-0.15, -0.1) is 0 Å². The molecule has 94 valence electrons. The number of benzene rings is 1. The van der Waals surface area contributed by atoms with Crippen molar-refractivity contribution in [3.8, 4) is 0 Å². The molecule has 0 aliphatic carbocycles. The van der Waals surface area contributed by atoms with Gasteiger partial charge in [-0.25, -0.2) is 4.39 Å². The maximum absolute atomic E-state index is 13.5. The summed E-state index contributed by atoms with van der Waals surface area (Å²) in [6.07, 6.45) is 0.646. The Hall–Kier alpha value is -1.27. The van der Waals surface area contributed by atoms with Crippen LogP contribution in [0.25, 0.3) is 0 Å². The molecule has 0 saturated carbocycles. The normalized spacial score (nSPS) is 12.4. The third-order valence-electron chi connectivity index (χ3n) is 2.23. The van der Waals surface area contributed by atoms with E-state index in [0.717, 1.165) is 6.07 Å². The molecule has 4 N–H and O–H groups in total. The lowest BCUT2D eigenvalue weighted by Crippen LogP contribution is -2.12. The van der Waals surface area contributed by atoms with Crippen molar-refractivity contribution in [2.75, 3.05) is 12.3 Å². The van der Waals surface area contributed by atoms with Gasteiger partial charge in [0.1, 0.15) is 5.82 Å².